The van der Waals surface area contributed by atoms with E-state index < -0.39 is 5.97 Å². The van der Waals surface area contributed by atoms with E-state index >= 15 is 0 Å². The number of halogens is 1. The molecule has 2 atom stereocenters. The minimum atomic E-state index is -0.668. The van der Waals surface area contributed by atoms with Gasteiger partial charge < -0.3 is 5.11 Å². The third-order valence-electron chi connectivity index (χ3n) is 5.04. The molecule has 116 valence electrons. The van der Waals surface area contributed by atoms with Crippen LogP contribution in [0.1, 0.15) is 43.5 Å². The summed E-state index contributed by atoms with van der Waals surface area (Å²) in [6.07, 6.45) is 4.66. The minimum absolute atomic E-state index is 0.312. The Labute approximate surface area is 129 Å². The second-order valence-electron chi connectivity index (χ2n) is 6.46. The zero-order chi connectivity index (χ0) is 15.1. The maximum absolute atomic E-state index is 10.9. The highest BCUT2D eigenvalue weighted by molar-refractivity contribution is 6.31. The van der Waals surface area contributed by atoms with Crippen LogP contribution in [0.2, 0.25) is 5.02 Å². The largest absolute Gasteiger partial charge is 0.481 e. The number of hydrogen-bond donors (Lipinski definition) is 1. The summed E-state index contributed by atoms with van der Waals surface area (Å²) < 4.78 is 1.88. The Bertz CT molecular complexity index is 543. The van der Waals surface area contributed by atoms with Crippen molar-refractivity contribution in [1.29, 1.82) is 0 Å². The third-order valence-corrected chi connectivity index (χ3v) is 5.53. The molecular formula is C15H22ClN3O2. The van der Waals surface area contributed by atoms with Gasteiger partial charge in [-0.1, -0.05) is 11.6 Å². The van der Waals surface area contributed by atoms with E-state index in [2.05, 4.69) is 10.00 Å². The Kier molecular flexibility index (Phi) is 3.97. The number of hydrogen-bond acceptors (Lipinski definition) is 3. The highest BCUT2D eigenvalue weighted by Gasteiger charge is 2.41. The minimum Gasteiger partial charge on any atom is -0.481 e. The zero-order valence-electron chi connectivity index (χ0n) is 12.5. The van der Waals surface area contributed by atoms with E-state index in [0.717, 1.165) is 35.8 Å². The number of piperidine rings is 1. The molecule has 2 unspecified atom stereocenters. The summed E-state index contributed by atoms with van der Waals surface area (Å²) in [5.41, 5.74) is 1.95. The molecule has 5 nitrogen and oxygen atoms in total. The van der Waals surface area contributed by atoms with E-state index in [9.17, 15) is 4.79 Å². The molecule has 3 rings (SSSR count). The topological polar surface area (TPSA) is 58.4 Å². The monoisotopic (exact) mass is 311 g/mol. The van der Waals surface area contributed by atoms with Gasteiger partial charge in [-0.25, -0.2) is 0 Å². The van der Waals surface area contributed by atoms with Crippen molar-refractivity contribution >= 4 is 17.6 Å². The molecule has 2 fully saturated rings. The molecule has 1 aromatic heterocycles. The quantitative estimate of drug-likeness (QED) is 0.928. The van der Waals surface area contributed by atoms with Crippen molar-refractivity contribution in [3.63, 3.8) is 0 Å². The Morgan fingerprint density at radius 3 is 2.48 bits per heavy atom. The van der Waals surface area contributed by atoms with Gasteiger partial charge in [0.25, 0.3) is 0 Å². The molecule has 2 aliphatic heterocycles. The number of aryl methyl sites for hydroxylation is 2. The SMILES string of the molecule is Cc1nn(C)c(CN2C3CCC2CC(CC(=O)O)C3)c1Cl. The lowest BCUT2D eigenvalue weighted by molar-refractivity contribution is -0.138. The van der Waals surface area contributed by atoms with Crippen LogP contribution in [-0.4, -0.2) is 37.8 Å². The average molecular weight is 312 g/mol. The number of carboxylic acid groups (broad SMARTS) is 1. The molecule has 2 aliphatic rings. The summed E-state index contributed by atoms with van der Waals surface area (Å²) in [4.78, 5) is 13.4. The molecule has 1 aromatic rings. The van der Waals surface area contributed by atoms with E-state index in [1.165, 1.54) is 12.8 Å². The van der Waals surface area contributed by atoms with Crippen molar-refractivity contribution < 1.29 is 9.90 Å². The van der Waals surface area contributed by atoms with Crippen LogP contribution in [-0.2, 0) is 18.4 Å². The van der Waals surface area contributed by atoms with Crippen LogP contribution < -0.4 is 0 Å². The van der Waals surface area contributed by atoms with Crippen LogP contribution in [0, 0.1) is 12.8 Å². The summed E-state index contributed by atoms with van der Waals surface area (Å²) in [7, 11) is 1.94. The smallest absolute Gasteiger partial charge is 0.303 e. The zero-order valence-corrected chi connectivity index (χ0v) is 13.3. The molecule has 0 aliphatic carbocycles. The summed E-state index contributed by atoms with van der Waals surface area (Å²) >= 11 is 6.36. The molecular weight excluding hydrogens is 290 g/mol. The second kappa shape index (κ2) is 5.61. The van der Waals surface area contributed by atoms with Crippen LogP contribution in [0.15, 0.2) is 0 Å². The predicted molar refractivity (Wildman–Crippen MR) is 80.3 cm³/mol. The number of carboxylic acids is 1. The lowest BCUT2D eigenvalue weighted by Crippen LogP contribution is -2.43. The molecule has 0 amide bonds. The van der Waals surface area contributed by atoms with E-state index in [0.29, 0.717) is 24.4 Å². The van der Waals surface area contributed by atoms with Gasteiger partial charge in [0.05, 0.1) is 16.4 Å². The van der Waals surface area contributed by atoms with Gasteiger partial charge in [0.2, 0.25) is 0 Å². The lowest BCUT2D eigenvalue weighted by Gasteiger charge is -2.38. The average Bonchev–Trinajstić information content (AvgIpc) is 2.77. The van der Waals surface area contributed by atoms with Crippen LogP contribution in [0.25, 0.3) is 0 Å². The second-order valence-corrected chi connectivity index (χ2v) is 6.84. The third kappa shape index (κ3) is 2.81. The van der Waals surface area contributed by atoms with Crippen molar-refractivity contribution in [3.8, 4) is 0 Å². The summed E-state index contributed by atoms with van der Waals surface area (Å²) in [6, 6.07) is 0.999. The molecule has 2 bridgehead atoms. The van der Waals surface area contributed by atoms with Gasteiger partial charge >= 0.3 is 5.97 Å². The van der Waals surface area contributed by atoms with Crippen molar-refractivity contribution in [2.45, 2.75) is 57.7 Å². The van der Waals surface area contributed by atoms with Gasteiger partial charge in [-0.05, 0) is 38.5 Å². The van der Waals surface area contributed by atoms with Crippen molar-refractivity contribution in [2.24, 2.45) is 13.0 Å². The molecule has 0 spiro atoms. The number of nitrogens with zero attached hydrogens (tertiary/aromatic N) is 3. The number of aliphatic carboxylic acids is 1. The van der Waals surface area contributed by atoms with Crippen LogP contribution >= 0.6 is 11.6 Å². The molecule has 6 heteroatoms. The number of carbonyl (C=O) groups is 1. The van der Waals surface area contributed by atoms with Crippen LogP contribution in [0.5, 0.6) is 0 Å². The van der Waals surface area contributed by atoms with Crippen LogP contribution in [0.4, 0.5) is 0 Å². The fourth-order valence-corrected chi connectivity index (χ4v) is 4.30. The Morgan fingerprint density at radius 2 is 2.00 bits per heavy atom. The first-order chi connectivity index (χ1) is 9.95. The molecule has 0 aromatic carbocycles. The Hall–Kier alpha value is -1.07. The highest BCUT2D eigenvalue weighted by Crippen LogP contribution is 2.41. The standard InChI is InChI=1S/C15H22ClN3O2/c1-9-15(16)13(18(2)17-9)8-19-11-3-4-12(19)6-10(5-11)7-14(20)21/h10-12H,3-8H2,1-2H3,(H,20,21). The van der Waals surface area contributed by atoms with E-state index in [1.54, 1.807) is 0 Å². The summed E-state index contributed by atoms with van der Waals surface area (Å²) in [6.45, 7) is 2.75. The fraction of sp³-hybridized carbons (Fsp3) is 0.733. The van der Waals surface area contributed by atoms with Gasteiger partial charge in [-0.2, -0.15) is 5.10 Å². The number of aromatic nitrogens is 2. The van der Waals surface area contributed by atoms with Gasteiger partial charge in [0.15, 0.2) is 0 Å². The first-order valence-corrected chi connectivity index (χ1v) is 7.99. The molecule has 21 heavy (non-hydrogen) atoms. The lowest BCUT2D eigenvalue weighted by atomic mass is 9.88. The van der Waals surface area contributed by atoms with Gasteiger partial charge in [-0.15, -0.1) is 0 Å². The Balaban J connectivity index is 1.72. The van der Waals surface area contributed by atoms with Crippen molar-refractivity contribution in [2.75, 3.05) is 0 Å². The van der Waals surface area contributed by atoms with Crippen molar-refractivity contribution in [1.82, 2.24) is 14.7 Å². The van der Waals surface area contributed by atoms with E-state index in [4.69, 9.17) is 16.7 Å². The van der Waals surface area contributed by atoms with Gasteiger partial charge in [0.1, 0.15) is 0 Å². The maximum atomic E-state index is 10.9. The molecule has 3 heterocycles. The molecule has 2 saturated heterocycles. The first-order valence-electron chi connectivity index (χ1n) is 7.61. The predicted octanol–water partition coefficient (Wildman–Crippen LogP) is 2.60. The van der Waals surface area contributed by atoms with E-state index in [1.807, 2.05) is 18.7 Å². The van der Waals surface area contributed by atoms with Crippen LogP contribution in [0.3, 0.4) is 0 Å². The first kappa shape index (κ1) is 14.9. The van der Waals surface area contributed by atoms with Crippen molar-refractivity contribution in [3.05, 3.63) is 16.4 Å². The van der Waals surface area contributed by atoms with E-state index in [-0.39, 0.29) is 0 Å². The highest BCUT2D eigenvalue weighted by atomic mass is 35.5. The normalized spacial score (nSPS) is 29.0. The number of fused-ring (bicyclic) bond motifs is 2. The summed E-state index contributed by atoms with van der Waals surface area (Å²) in [5, 5.41) is 14.1. The molecule has 0 radical (unpaired) electrons. The molecule has 1 N–H and O–H groups in total. The van der Waals surface area contributed by atoms with Gasteiger partial charge in [-0.3, -0.25) is 14.4 Å². The molecule has 0 saturated carbocycles. The summed E-state index contributed by atoms with van der Waals surface area (Å²) in [5.74, 6) is -0.335. The maximum Gasteiger partial charge on any atom is 0.303 e. The Morgan fingerprint density at radius 1 is 1.38 bits per heavy atom. The van der Waals surface area contributed by atoms with Gasteiger partial charge in [0, 0.05) is 32.1 Å². The number of rotatable bonds is 4. The fourth-order valence-electron chi connectivity index (χ4n) is 4.08.